The minimum absolute atomic E-state index is 0.433. The number of nitrogens with zero attached hydrogens (tertiary/aromatic N) is 4. The molecule has 3 N–H and O–H groups in total. The van der Waals surface area contributed by atoms with Gasteiger partial charge in [-0.1, -0.05) is 6.92 Å². The summed E-state index contributed by atoms with van der Waals surface area (Å²) in [6.45, 7) is 3.92. The van der Waals surface area contributed by atoms with Crippen LogP contribution in [-0.4, -0.2) is 36.8 Å². The standard InChI is InChI=1S/C13H22N6O/c1-3-5-11-16-12(18-15)10-13(17-11)19(7-4-6-14)8-9-20-2/h10H,3-5,7-9,15H2,1-2H3,(H,16,17,18). The smallest absolute Gasteiger partial charge is 0.145 e. The Balaban J connectivity index is 2.96. The molecule has 0 radical (unpaired) electrons. The van der Waals surface area contributed by atoms with Crippen molar-refractivity contribution in [2.45, 2.75) is 26.2 Å². The Bertz CT molecular complexity index is 445. The number of nitrogens with two attached hydrogens (primary N) is 1. The third-order valence-electron chi connectivity index (χ3n) is 2.76. The first-order valence-corrected chi connectivity index (χ1v) is 6.70. The molecule has 0 aromatic carbocycles. The lowest BCUT2D eigenvalue weighted by Gasteiger charge is -2.23. The topological polar surface area (TPSA) is 100 Å². The fraction of sp³-hybridized carbons (Fsp3) is 0.615. The number of hydrogen-bond donors (Lipinski definition) is 2. The van der Waals surface area contributed by atoms with Crippen molar-refractivity contribution in [2.75, 3.05) is 37.1 Å². The molecule has 1 heterocycles. The molecule has 0 aliphatic rings. The third-order valence-corrected chi connectivity index (χ3v) is 2.76. The van der Waals surface area contributed by atoms with Crippen LogP contribution in [0.3, 0.4) is 0 Å². The van der Waals surface area contributed by atoms with E-state index in [1.165, 1.54) is 0 Å². The SMILES string of the molecule is CCCc1nc(NN)cc(N(CCC#N)CCOC)n1. The van der Waals surface area contributed by atoms with Gasteiger partial charge in [-0.2, -0.15) is 5.26 Å². The number of aromatic nitrogens is 2. The number of aryl methyl sites for hydroxylation is 1. The maximum Gasteiger partial charge on any atom is 0.145 e. The van der Waals surface area contributed by atoms with Crippen LogP contribution in [0.25, 0.3) is 0 Å². The molecule has 20 heavy (non-hydrogen) atoms. The van der Waals surface area contributed by atoms with Gasteiger partial charge >= 0.3 is 0 Å². The highest BCUT2D eigenvalue weighted by molar-refractivity contribution is 5.49. The van der Waals surface area contributed by atoms with E-state index in [9.17, 15) is 0 Å². The lowest BCUT2D eigenvalue weighted by atomic mass is 10.3. The van der Waals surface area contributed by atoms with E-state index >= 15 is 0 Å². The largest absolute Gasteiger partial charge is 0.383 e. The first kappa shape index (κ1) is 16.1. The first-order chi connectivity index (χ1) is 9.74. The number of nitriles is 1. The van der Waals surface area contributed by atoms with Crippen LogP contribution in [0.2, 0.25) is 0 Å². The molecule has 0 spiro atoms. The van der Waals surface area contributed by atoms with Crippen molar-refractivity contribution in [3.8, 4) is 6.07 Å². The van der Waals surface area contributed by atoms with Gasteiger partial charge in [0.25, 0.3) is 0 Å². The molecule has 1 aromatic heterocycles. The molecule has 0 unspecified atom stereocenters. The number of methoxy groups -OCH3 is 1. The number of ether oxygens (including phenoxy) is 1. The summed E-state index contributed by atoms with van der Waals surface area (Å²) < 4.78 is 5.10. The normalized spacial score (nSPS) is 10.1. The van der Waals surface area contributed by atoms with Crippen LogP contribution in [0.5, 0.6) is 0 Å². The second-order valence-electron chi connectivity index (χ2n) is 4.31. The number of rotatable bonds is 9. The summed E-state index contributed by atoms with van der Waals surface area (Å²) in [6, 6.07) is 3.93. The Morgan fingerprint density at radius 3 is 2.85 bits per heavy atom. The van der Waals surface area contributed by atoms with Crippen molar-refractivity contribution >= 4 is 11.6 Å². The summed E-state index contributed by atoms with van der Waals surface area (Å²) in [7, 11) is 1.65. The minimum atomic E-state index is 0.433. The number of nitrogen functional groups attached to an aromatic ring is 1. The van der Waals surface area contributed by atoms with Crippen LogP contribution in [-0.2, 0) is 11.2 Å². The lowest BCUT2D eigenvalue weighted by Crippen LogP contribution is -2.29. The highest BCUT2D eigenvalue weighted by Gasteiger charge is 2.11. The van der Waals surface area contributed by atoms with Gasteiger partial charge in [0.05, 0.1) is 19.1 Å². The summed E-state index contributed by atoms with van der Waals surface area (Å²) >= 11 is 0. The lowest BCUT2D eigenvalue weighted by molar-refractivity contribution is 0.205. The monoisotopic (exact) mass is 278 g/mol. The Labute approximate surface area is 119 Å². The van der Waals surface area contributed by atoms with Crippen molar-refractivity contribution in [3.05, 3.63) is 11.9 Å². The predicted octanol–water partition coefficient (Wildman–Crippen LogP) is 1.08. The summed E-state index contributed by atoms with van der Waals surface area (Å²) in [5, 5.41) is 8.75. The van der Waals surface area contributed by atoms with Gasteiger partial charge in [-0.3, -0.25) is 0 Å². The number of hydrazine groups is 1. The van der Waals surface area contributed by atoms with E-state index in [-0.39, 0.29) is 0 Å². The summed E-state index contributed by atoms with van der Waals surface area (Å²) in [5.41, 5.74) is 2.56. The van der Waals surface area contributed by atoms with Gasteiger partial charge in [-0.25, -0.2) is 15.8 Å². The number of anilines is 2. The Kier molecular flexibility index (Phi) is 7.32. The summed E-state index contributed by atoms with van der Waals surface area (Å²) in [4.78, 5) is 10.9. The molecule has 0 amide bonds. The van der Waals surface area contributed by atoms with Gasteiger partial charge in [0, 0.05) is 32.7 Å². The predicted molar refractivity (Wildman–Crippen MR) is 78.2 cm³/mol. The molecule has 0 atom stereocenters. The van der Waals surface area contributed by atoms with Gasteiger partial charge in [0.15, 0.2) is 0 Å². The summed E-state index contributed by atoms with van der Waals surface area (Å²) in [5.74, 6) is 7.54. The Morgan fingerprint density at radius 2 is 2.25 bits per heavy atom. The molecule has 0 aliphatic heterocycles. The molecule has 0 saturated carbocycles. The van der Waals surface area contributed by atoms with E-state index in [0.29, 0.717) is 31.9 Å². The van der Waals surface area contributed by atoms with E-state index in [2.05, 4.69) is 28.4 Å². The van der Waals surface area contributed by atoms with Gasteiger partial charge in [0.1, 0.15) is 17.5 Å². The molecule has 110 valence electrons. The Hall–Kier alpha value is -1.91. The zero-order valence-electron chi connectivity index (χ0n) is 12.1. The van der Waals surface area contributed by atoms with Crippen LogP contribution >= 0.6 is 0 Å². The van der Waals surface area contributed by atoms with Crippen molar-refractivity contribution in [2.24, 2.45) is 5.84 Å². The van der Waals surface area contributed by atoms with Crippen molar-refractivity contribution < 1.29 is 4.74 Å². The molecule has 0 aliphatic carbocycles. The van der Waals surface area contributed by atoms with Crippen LogP contribution in [0.1, 0.15) is 25.6 Å². The van der Waals surface area contributed by atoms with Crippen LogP contribution < -0.4 is 16.2 Å². The molecule has 0 saturated heterocycles. The molecular weight excluding hydrogens is 256 g/mol. The zero-order valence-corrected chi connectivity index (χ0v) is 12.1. The van der Waals surface area contributed by atoms with Gasteiger partial charge in [-0.15, -0.1) is 0 Å². The second kappa shape index (κ2) is 9.07. The van der Waals surface area contributed by atoms with Crippen LogP contribution in [0.15, 0.2) is 6.07 Å². The zero-order chi connectivity index (χ0) is 14.8. The van der Waals surface area contributed by atoms with Gasteiger partial charge < -0.3 is 15.1 Å². The van der Waals surface area contributed by atoms with E-state index in [4.69, 9.17) is 15.8 Å². The highest BCUT2D eigenvalue weighted by Crippen LogP contribution is 2.16. The molecule has 7 heteroatoms. The maximum atomic E-state index is 8.75. The molecule has 0 fully saturated rings. The number of nitrogens with one attached hydrogen (secondary N) is 1. The molecule has 0 bridgehead atoms. The molecule has 7 nitrogen and oxygen atoms in total. The quantitative estimate of drug-likeness (QED) is 0.515. The third kappa shape index (κ3) is 4.99. The average Bonchev–Trinajstić information content (AvgIpc) is 2.47. The second-order valence-corrected chi connectivity index (χ2v) is 4.31. The molecule has 1 rings (SSSR count). The number of hydrogen-bond acceptors (Lipinski definition) is 7. The molecular formula is C13H22N6O. The highest BCUT2D eigenvalue weighted by atomic mass is 16.5. The van der Waals surface area contributed by atoms with Crippen molar-refractivity contribution in [3.63, 3.8) is 0 Å². The van der Waals surface area contributed by atoms with Crippen LogP contribution in [0, 0.1) is 11.3 Å². The van der Waals surface area contributed by atoms with E-state index in [1.54, 1.807) is 13.2 Å². The van der Waals surface area contributed by atoms with Gasteiger partial charge in [-0.05, 0) is 6.42 Å². The van der Waals surface area contributed by atoms with Crippen LogP contribution in [0.4, 0.5) is 11.6 Å². The van der Waals surface area contributed by atoms with E-state index in [0.717, 1.165) is 24.5 Å². The minimum Gasteiger partial charge on any atom is -0.383 e. The van der Waals surface area contributed by atoms with E-state index < -0.39 is 0 Å². The fourth-order valence-corrected chi connectivity index (χ4v) is 1.78. The molecule has 1 aromatic rings. The fourth-order valence-electron chi connectivity index (χ4n) is 1.78. The Morgan fingerprint density at radius 1 is 1.45 bits per heavy atom. The summed E-state index contributed by atoms with van der Waals surface area (Å²) in [6.07, 6.45) is 2.19. The van der Waals surface area contributed by atoms with Crippen molar-refractivity contribution in [1.82, 2.24) is 9.97 Å². The average molecular weight is 278 g/mol. The van der Waals surface area contributed by atoms with E-state index in [1.807, 2.05) is 4.90 Å². The van der Waals surface area contributed by atoms with Crippen molar-refractivity contribution in [1.29, 1.82) is 5.26 Å². The maximum absolute atomic E-state index is 8.75. The van der Waals surface area contributed by atoms with Gasteiger partial charge in [0.2, 0.25) is 0 Å². The first-order valence-electron chi connectivity index (χ1n) is 6.70.